The lowest BCUT2D eigenvalue weighted by molar-refractivity contribution is -0.142. The summed E-state index contributed by atoms with van der Waals surface area (Å²) in [6, 6.07) is 3.54. The topological polar surface area (TPSA) is 86.7 Å². The number of carbonyl (C=O) groups excluding carboxylic acids is 2. The third kappa shape index (κ3) is 3.28. The average molecular weight is 331 g/mol. The van der Waals surface area contributed by atoms with Crippen LogP contribution in [-0.2, 0) is 9.59 Å². The van der Waals surface area contributed by atoms with Crippen molar-refractivity contribution in [2.45, 2.75) is 12.5 Å². The maximum Gasteiger partial charge on any atom is 0.305 e. The number of amides is 2. The molecular weight excluding hydrogens is 319 g/mol. The molecule has 1 unspecified atom stereocenters. The number of carbonyl (C=O) groups is 3. The first-order valence-electron chi connectivity index (χ1n) is 6.16. The van der Waals surface area contributed by atoms with Crippen molar-refractivity contribution in [3.05, 3.63) is 33.8 Å². The van der Waals surface area contributed by atoms with E-state index in [9.17, 15) is 14.4 Å². The monoisotopic (exact) mass is 330 g/mol. The van der Waals surface area contributed by atoms with Gasteiger partial charge in [-0.1, -0.05) is 29.3 Å². The molecule has 1 aliphatic heterocycles. The highest BCUT2D eigenvalue weighted by Crippen LogP contribution is 2.27. The van der Waals surface area contributed by atoms with Gasteiger partial charge in [0.15, 0.2) is 0 Å². The van der Waals surface area contributed by atoms with E-state index in [2.05, 4.69) is 5.32 Å². The molecule has 112 valence electrons. The quantitative estimate of drug-likeness (QED) is 0.877. The van der Waals surface area contributed by atoms with Crippen molar-refractivity contribution in [1.29, 1.82) is 0 Å². The zero-order valence-electron chi connectivity index (χ0n) is 10.8. The van der Waals surface area contributed by atoms with Crippen molar-refractivity contribution in [2.75, 3.05) is 13.1 Å². The summed E-state index contributed by atoms with van der Waals surface area (Å²) in [5.74, 6) is -2.22. The number of aliphatic carboxylic acids is 1. The molecule has 8 heteroatoms. The molecule has 6 nitrogen and oxygen atoms in total. The molecule has 0 spiro atoms. The Morgan fingerprint density at radius 1 is 1.33 bits per heavy atom. The number of hydrogen-bond donors (Lipinski definition) is 2. The number of halogens is 2. The van der Waals surface area contributed by atoms with E-state index in [1.165, 1.54) is 17.0 Å². The number of nitrogens with zero attached hydrogens (tertiary/aromatic N) is 1. The van der Waals surface area contributed by atoms with Gasteiger partial charge in [-0.2, -0.15) is 0 Å². The van der Waals surface area contributed by atoms with Crippen molar-refractivity contribution in [2.24, 2.45) is 0 Å². The molecule has 2 rings (SSSR count). The Bertz CT molecular complexity index is 586. The molecule has 1 fully saturated rings. The number of benzene rings is 1. The second-order valence-electron chi connectivity index (χ2n) is 4.50. The molecule has 1 atom stereocenters. The first kappa shape index (κ1) is 15.6. The van der Waals surface area contributed by atoms with Crippen LogP contribution in [0.4, 0.5) is 0 Å². The molecule has 1 saturated heterocycles. The summed E-state index contributed by atoms with van der Waals surface area (Å²) < 4.78 is 0. The number of hydrogen-bond acceptors (Lipinski definition) is 3. The van der Waals surface area contributed by atoms with Crippen molar-refractivity contribution < 1.29 is 19.5 Å². The van der Waals surface area contributed by atoms with Crippen LogP contribution in [0.5, 0.6) is 0 Å². The minimum absolute atomic E-state index is 0.0749. The third-order valence-electron chi connectivity index (χ3n) is 3.14. The van der Waals surface area contributed by atoms with E-state index in [1.807, 2.05) is 0 Å². The fourth-order valence-electron chi connectivity index (χ4n) is 2.17. The standard InChI is InChI=1S/C13H12Cl2N2O4/c14-7-2-1-3-8(15)11(7)13(21)17-5-4-16-12(20)9(17)6-10(18)19/h1-3,9H,4-6H2,(H,16,20)(H,18,19). The molecule has 0 aromatic heterocycles. The Kier molecular flexibility index (Phi) is 4.69. The lowest BCUT2D eigenvalue weighted by atomic mass is 10.1. The van der Waals surface area contributed by atoms with Gasteiger partial charge in [-0.05, 0) is 12.1 Å². The SMILES string of the molecule is O=C(O)CC1C(=O)NCCN1C(=O)c1c(Cl)cccc1Cl. The van der Waals surface area contributed by atoms with Gasteiger partial charge in [0.1, 0.15) is 6.04 Å². The summed E-state index contributed by atoms with van der Waals surface area (Å²) in [6.45, 7) is 0.451. The minimum atomic E-state index is -1.17. The Morgan fingerprint density at radius 3 is 2.52 bits per heavy atom. The van der Waals surface area contributed by atoms with E-state index in [4.69, 9.17) is 28.3 Å². The average Bonchev–Trinajstić information content (AvgIpc) is 2.40. The molecule has 1 heterocycles. The first-order chi connectivity index (χ1) is 9.91. The molecular formula is C13H12Cl2N2O4. The van der Waals surface area contributed by atoms with E-state index in [0.29, 0.717) is 0 Å². The number of piperazine rings is 1. The van der Waals surface area contributed by atoms with E-state index in [1.54, 1.807) is 6.07 Å². The van der Waals surface area contributed by atoms with Gasteiger partial charge in [-0.25, -0.2) is 0 Å². The fourth-order valence-corrected chi connectivity index (χ4v) is 2.73. The fraction of sp³-hybridized carbons (Fsp3) is 0.308. The summed E-state index contributed by atoms with van der Waals surface area (Å²) in [5, 5.41) is 11.8. The Balaban J connectivity index is 2.35. The van der Waals surface area contributed by atoms with Crippen LogP contribution >= 0.6 is 23.2 Å². The Hall–Kier alpha value is -1.79. The molecule has 0 saturated carbocycles. The lowest BCUT2D eigenvalue weighted by Crippen LogP contribution is -2.57. The molecule has 1 aromatic carbocycles. The number of carboxylic acid groups (broad SMARTS) is 1. The van der Waals surface area contributed by atoms with E-state index >= 15 is 0 Å². The van der Waals surface area contributed by atoms with Crippen LogP contribution in [0.1, 0.15) is 16.8 Å². The van der Waals surface area contributed by atoms with Crippen LogP contribution in [-0.4, -0.2) is 46.9 Å². The van der Waals surface area contributed by atoms with Crippen molar-refractivity contribution in [3.63, 3.8) is 0 Å². The van der Waals surface area contributed by atoms with Gasteiger partial charge >= 0.3 is 5.97 Å². The maximum atomic E-state index is 12.6. The Morgan fingerprint density at radius 2 is 1.95 bits per heavy atom. The lowest BCUT2D eigenvalue weighted by Gasteiger charge is -2.34. The highest BCUT2D eigenvalue weighted by molar-refractivity contribution is 6.39. The molecule has 1 aliphatic rings. The second kappa shape index (κ2) is 6.32. The maximum absolute atomic E-state index is 12.6. The summed E-state index contributed by atoms with van der Waals surface area (Å²) in [4.78, 5) is 36.5. The zero-order valence-corrected chi connectivity index (χ0v) is 12.3. The highest BCUT2D eigenvalue weighted by atomic mass is 35.5. The largest absolute Gasteiger partial charge is 0.481 e. The van der Waals surface area contributed by atoms with Crippen LogP contribution in [0.3, 0.4) is 0 Å². The molecule has 0 bridgehead atoms. The minimum Gasteiger partial charge on any atom is -0.481 e. The smallest absolute Gasteiger partial charge is 0.305 e. The van der Waals surface area contributed by atoms with Gasteiger partial charge < -0.3 is 15.3 Å². The molecule has 21 heavy (non-hydrogen) atoms. The van der Waals surface area contributed by atoms with Gasteiger partial charge in [0.25, 0.3) is 5.91 Å². The Labute approximate surface area is 130 Å². The summed E-state index contributed by atoms with van der Waals surface area (Å²) in [6.07, 6.45) is -0.473. The third-order valence-corrected chi connectivity index (χ3v) is 3.77. The van der Waals surface area contributed by atoms with Crippen LogP contribution in [0.2, 0.25) is 10.0 Å². The normalized spacial score (nSPS) is 18.3. The molecule has 2 N–H and O–H groups in total. The summed E-state index contributed by atoms with van der Waals surface area (Å²) in [7, 11) is 0. The van der Waals surface area contributed by atoms with Gasteiger partial charge in [0.2, 0.25) is 5.91 Å². The summed E-state index contributed by atoms with van der Waals surface area (Å²) in [5.41, 5.74) is 0.0749. The highest BCUT2D eigenvalue weighted by Gasteiger charge is 2.36. The van der Waals surface area contributed by atoms with E-state index in [0.717, 1.165) is 0 Å². The van der Waals surface area contributed by atoms with Gasteiger partial charge in [0, 0.05) is 13.1 Å². The number of nitrogens with one attached hydrogen (secondary N) is 1. The van der Waals surface area contributed by atoms with Gasteiger partial charge in [-0.15, -0.1) is 0 Å². The molecule has 1 aromatic rings. The van der Waals surface area contributed by atoms with Crippen molar-refractivity contribution >= 4 is 41.0 Å². The van der Waals surface area contributed by atoms with Gasteiger partial charge in [0.05, 0.1) is 22.0 Å². The van der Waals surface area contributed by atoms with Crippen LogP contribution in [0, 0.1) is 0 Å². The zero-order chi connectivity index (χ0) is 15.6. The first-order valence-corrected chi connectivity index (χ1v) is 6.92. The molecule has 2 amide bonds. The number of carboxylic acids is 1. The van der Waals surface area contributed by atoms with Gasteiger partial charge in [-0.3, -0.25) is 14.4 Å². The predicted molar refractivity (Wildman–Crippen MR) is 76.5 cm³/mol. The van der Waals surface area contributed by atoms with E-state index in [-0.39, 0.29) is 28.7 Å². The van der Waals surface area contributed by atoms with Crippen LogP contribution in [0.25, 0.3) is 0 Å². The molecule has 0 radical (unpaired) electrons. The van der Waals surface area contributed by atoms with E-state index < -0.39 is 30.2 Å². The number of rotatable bonds is 3. The second-order valence-corrected chi connectivity index (χ2v) is 5.31. The molecule has 0 aliphatic carbocycles. The van der Waals surface area contributed by atoms with Crippen LogP contribution < -0.4 is 5.32 Å². The van der Waals surface area contributed by atoms with Crippen molar-refractivity contribution in [3.8, 4) is 0 Å². The summed E-state index contributed by atoms with van der Waals surface area (Å²) >= 11 is 12.0. The van der Waals surface area contributed by atoms with Crippen LogP contribution in [0.15, 0.2) is 18.2 Å². The van der Waals surface area contributed by atoms with Crippen molar-refractivity contribution in [1.82, 2.24) is 10.2 Å². The predicted octanol–water partition coefficient (Wildman–Crippen LogP) is 1.41.